The van der Waals surface area contributed by atoms with E-state index in [0.29, 0.717) is 6.61 Å². The molecule has 0 spiro atoms. The number of carbonyl (C=O) groups excluding carboxylic acids is 1. The van der Waals surface area contributed by atoms with Crippen molar-refractivity contribution in [2.45, 2.75) is 48.0 Å². The van der Waals surface area contributed by atoms with Crippen molar-refractivity contribution in [3.8, 4) is 0 Å². The third-order valence-corrected chi connectivity index (χ3v) is 1.01. The Hall–Kier alpha value is -0.570. The lowest BCUT2D eigenvalue weighted by Gasteiger charge is -2.01. The van der Waals surface area contributed by atoms with E-state index in [1.54, 1.807) is 0 Å². The van der Waals surface area contributed by atoms with Crippen molar-refractivity contribution in [1.82, 2.24) is 5.32 Å². The van der Waals surface area contributed by atoms with E-state index in [4.69, 9.17) is 4.74 Å². The number of ether oxygens (including phenoxy) is 1. The highest BCUT2D eigenvalue weighted by Gasteiger charge is 1.96. The SMILES string of the molecule is CC.CC.CCCNC(=O)COCC. The summed E-state index contributed by atoms with van der Waals surface area (Å²) < 4.78 is 4.88. The molecule has 0 saturated heterocycles. The highest BCUT2D eigenvalue weighted by atomic mass is 16.5. The van der Waals surface area contributed by atoms with Gasteiger partial charge in [-0.3, -0.25) is 4.79 Å². The van der Waals surface area contributed by atoms with Crippen LogP contribution in [0.15, 0.2) is 0 Å². The molecule has 0 aliphatic carbocycles. The lowest BCUT2D eigenvalue weighted by atomic mass is 10.5. The fourth-order valence-corrected chi connectivity index (χ4v) is 0.510. The number of hydrogen-bond donors (Lipinski definition) is 1. The summed E-state index contributed by atoms with van der Waals surface area (Å²) in [6.07, 6.45) is 0.970. The van der Waals surface area contributed by atoms with E-state index in [1.807, 2.05) is 41.5 Å². The molecule has 0 aliphatic heterocycles. The zero-order valence-electron chi connectivity index (χ0n) is 10.6. The maximum absolute atomic E-state index is 10.7. The monoisotopic (exact) mass is 205 g/mol. The van der Waals surface area contributed by atoms with E-state index < -0.39 is 0 Å². The molecular formula is C11H27NO2. The van der Waals surface area contributed by atoms with E-state index in [2.05, 4.69) is 5.32 Å². The van der Waals surface area contributed by atoms with Crippen molar-refractivity contribution in [1.29, 1.82) is 0 Å². The van der Waals surface area contributed by atoms with Gasteiger partial charge in [0.15, 0.2) is 0 Å². The Kier molecular flexibility index (Phi) is 31.1. The first-order valence-electron chi connectivity index (χ1n) is 5.65. The predicted molar refractivity (Wildman–Crippen MR) is 62.5 cm³/mol. The maximum Gasteiger partial charge on any atom is 0.245 e. The van der Waals surface area contributed by atoms with E-state index in [-0.39, 0.29) is 12.5 Å². The molecule has 0 fully saturated rings. The average Bonchev–Trinajstić information content (AvgIpc) is 2.29. The molecule has 0 unspecified atom stereocenters. The zero-order chi connectivity index (χ0) is 11.8. The average molecular weight is 205 g/mol. The van der Waals surface area contributed by atoms with Crippen LogP contribution in [-0.2, 0) is 9.53 Å². The van der Waals surface area contributed by atoms with Crippen LogP contribution in [0.5, 0.6) is 0 Å². The van der Waals surface area contributed by atoms with Gasteiger partial charge in [-0.2, -0.15) is 0 Å². The highest BCUT2D eigenvalue weighted by molar-refractivity contribution is 5.77. The third-order valence-electron chi connectivity index (χ3n) is 1.01. The Labute approximate surface area is 89.2 Å². The minimum Gasteiger partial charge on any atom is -0.372 e. The smallest absolute Gasteiger partial charge is 0.245 e. The van der Waals surface area contributed by atoms with Crippen molar-refractivity contribution in [3.63, 3.8) is 0 Å². The molecule has 0 bridgehead atoms. The van der Waals surface area contributed by atoms with Crippen LogP contribution in [0, 0.1) is 0 Å². The van der Waals surface area contributed by atoms with Crippen molar-refractivity contribution < 1.29 is 9.53 Å². The summed E-state index contributed by atoms with van der Waals surface area (Å²) in [7, 11) is 0. The molecule has 3 nitrogen and oxygen atoms in total. The van der Waals surface area contributed by atoms with Crippen molar-refractivity contribution >= 4 is 5.91 Å². The van der Waals surface area contributed by atoms with Crippen LogP contribution >= 0.6 is 0 Å². The third kappa shape index (κ3) is 22.5. The second-order valence-electron chi connectivity index (χ2n) is 1.99. The number of amides is 1. The maximum atomic E-state index is 10.7. The van der Waals surface area contributed by atoms with Crippen LogP contribution in [0.3, 0.4) is 0 Å². The summed E-state index contributed by atoms with van der Waals surface area (Å²) in [6, 6.07) is 0. The van der Waals surface area contributed by atoms with E-state index >= 15 is 0 Å². The fraction of sp³-hybridized carbons (Fsp3) is 0.909. The molecule has 88 valence electrons. The van der Waals surface area contributed by atoms with Gasteiger partial charge in [-0.15, -0.1) is 0 Å². The van der Waals surface area contributed by atoms with Crippen LogP contribution in [0.2, 0.25) is 0 Å². The quantitative estimate of drug-likeness (QED) is 0.749. The fourth-order valence-electron chi connectivity index (χ4n) is 0.510. The van der Waals surface area contributed by atoms with Crippen molar-refractivity contribution in [2.75, 3.05) is 19.8 Å². The lowest BCUT2D eigenvalue weighted by Crippen LogP contribution is -2.28. The topological polar surface area (TPSA) is 38.3 Å². The van der Waals surface area contributed by atoms with Crippen LogP contribution in [-0.4, -0.2) is 25.7 Å². The molecule has 0 heterocycles. The second-order valence-corrected chi connectivity index (χ2v) is 1.99. The number of rotatable bonds is 5. The Balaban J connectivity index is -0.000000266. The van der Waals surface area contributed by atoms with Crippen molar-refractivity contribution in [2.24, 2.45) is 0 Å². The normalized spacial score (nSPS) is 7.57. The van der Waals surface area contributed by atoms with Gasteiger partial charge < -0.3 is 10.1 Å². The first-order chi connectivity index (χ1) is 6.81. The Morgan fingerprint density at radius 2 is 1.64 bits per heavy atom. The zero-order valence-corrected chi connectivity index (χ0v) is 10.6. The van der Waals surface area contributed by atoms with Gasteiger partial charge in [0.05, 0.1) is 0 Å². The molecule has 0 aromatic rings. The van der Waals surface area contributed by atoms with E-state index in [9.17, 15) is 4.79 Å². The molecule has 0 aromatic carbocycles. The molecule has 14 heavy (non-hydrogen) atoms. The van der Waals surface area contributed by atoms with Crippen molar-refractivity contribution in [3.05, 3.63) is 0 Å². The summed E-state index contributed by atoms with van der Waals surface area (Å²) >= 11 is 0. The molecule has 0 aliphatic rings. The molecule has 1 N–H and O–H groups in total. The van der Waals surface area contributed by atoms with Gasteiger partial charge in [-0.05, 0) is 13.3 Å². The molecule has 0 radical (unpaired) electrons. The summed E-state index contributed by atoms with van der Waals surface area (Å²) in [4.78, 5) is 10.7. The highest BCUT2D eigenvalue weighted by Crippen LogP contribution is 1.75. The minimum atomic E-state index is -0.0244. The molecule has 0 atom stereocenters. The van der Waals surface area contributed by atoms with Gasteiger partial charge in [0.25, 0.3) is 0 Å². The second kappa shape index (κ2) is 22.9. The summed E-state index contributed by atoms with van der Waals surface area (Å²) in [5.41, 5.74) is 0. The molecule has 0 aromatic heterocycles. The minimum absolute atomic E-state index is 0.0244. The lowest BCUT2D eigenvalue weighted by molar-refractivity contribution is -0.125. The van der Waals surface area contributed by atoms with E-state index in [0.717, 1.165) is 13.0 Å². The first-order valence-corrected chi connectivity index (χ1v) is 5.65. The van der Waals surface area contributed by atoms with E-state index in [1.165, 1.54) is 0 Å². The molecule has 3 heteroatoms. The van der Waals surface area contributed by atoms with Gasteiger partial charge >= 0.3 is 0 Å². The number of nitrogens with one attached hydrogen (secondary N) is 1. The number of carbonyl (C=O) groups is 1. The van der Waals surface area contributed by atoms with Gasteiger partial charge in [0.1, 0.15) is 6.61 Å². The van der Waals surface area contributed by atoms with Gasteiger partial charge in [0, 0.05) is 13.2 Å². The molecule has 1 amide bonds. The largest absolute Gasteiger partial charge is 0.372 e. The summed E-state index contributed by atoms with van der Waals surface area (Å²) in [5, 5.41) is 2.70. The molecule has 0 saturated carbocycles. The van der Waals surface area contributed by atoms with Gasteiger partial charge in [-0.25, -0.2) is 0 Å². The Morgan fingerprint density at radius 3 is 2.00 bits per heavy atom. The van der Waals surface area contributed by atoms with Crippen LogP contribution < -0.4 is 5.32 Å². The Bertz CT molecular complexity index is 85.3. The number of hydrogen-bond acceptors (Lipinski definition) is 2. The van der Waals surface area contributed by atoms with Crippen LogP contribution in [0.1, 0.15) is 48.0 Å². The summed E-state index contributed by atoms with van der Waals surface area (Å²) in [6.45, 7) is 13.4. The predicted octanol–water partition coefficient (Wildman–Crippen LogP) is 2.60. The summed E-state index contributed by atoms with van der Waals surface area (Å²) in [5.74, 6) is -0.0244. The standard InChI is InChI=1S/C7H15NO2.2C2H6/c1-3-5-8-7(9)6-10-4-2;2*1-2/h3-6H2,1-2H3,(H,8,9);2*1-2H3. The first kappa shape index (κ1) is 19.1. The Morgan fingerprint density at radius 1 is 1.14 bits per heavy atom. The molecular weight excluding hydrogens is 178 g/mol. The molecule has 0 rings (SSSR count). The van der Waals surface area contributed by atoms with Gasteiger partial charge in [-0.1, -0.05) is 34.6 Å². The van der Waals surface area contributed by atoms with Crippen LogP contribution in [0.25, 0.3) is 0 Å². The van der Waals surface area contributed by atoms with Crippen LogP contribution in [0.4, 0.5) is 0 Å². The van der Waals surface area contributed by atoms with Gasteiger partial charge in [0.2, 0.25) is 5.91 Å².